The van der Waals surface area contributed by atoms with Gasteiger partial charge in [-0.05, 0) is 19.1 Å². The second-order valence-electron chi connectivity index (χ2n) is 4.47. The van der Waals surface area contributed by atoms with Crippen molar-refractivity contribution < 1.29 is 27.5 Å². The van der Waals surface area contributed by atoms with E-state index in [1.54, 1.807) is 25.1 Å². The Bertz CT molecular complexity index is 554. The molecule has 0 saturated carbocycles. The molecule has 0 aliphatic carbocycles. The lowest BCUT2D eigenvalue weighted by Crippen LogP contribution is -2.33. The minimum absolute atomic E-state index is 0.0866. The molecule has 0 aromatic heterocycles. The van der Waals surface area contributed by atoms with E-state index in [9.17, 15) is 22.8 Å². The number of nitrogens with zero attached hydrogens (tertiary/aromatic N) is 1. The van der Waals surface area contributed by atoms with Crippen LogP contribution in [-0.2, 0) is 9.53 Å². The Labute approximate surface area is 113 Å². The lowest BCUT2D eigenvalue weighted by atomic mass is 10.1. The highest BCUT2D eigenvalue weighted by Gasteiger charge is 2.35. The third-order valence-corrected chi connectivity index (χ3v) is 2.85. The molecule has 1 amide bonds. The Morgan fingerprint density at radius 2 is 1.95 bits per heavy atom. The monoisotopic (exact) mass is 287 g/mol. The third-order valence-electron chi connectivity index (χ3n) is 2.85. The molecule has 1 aliphatic rings. The fourth-order valence-electron chi connectivity index (χ4n) is 1.98. The summed E-state index contributed by atoms with van der Waals surface area (Å²) in [6.45, 7) is 0.0411. The van der Waals surface area contributed by atoms with Crippen molar-refractivity contribution in [3.05, 3.63) is 29.3 Å². The van der Waals surface area contributed by atoms with Gasteiger partial charge < -0.3 is 9.64 Å². The first-order valence-corrected chi connectivity index (χ1v) is 5.91. The molecule has 20 heavy (non-hydrogen) atoms. The molecule has 108 valence electrons. The molecule has 1 aromatic carbocycles. The molecule has 0 radical (unpaired) electrons. The van der Waals surface area contributed by atoms with Crippen LogP contribution in [0.1, 0.15) is 15.9 Å². The average molecular weight is 287 g/mol. The van der Waals surface area contributed by atoms with Crippen LogP contribution in [0.15, 0.2) is 18.2 Å². The Morgan fingerprint density at radius 3 is 2.60 bits per heavy atom. The van der Waals surface area contributed by atoms with E-state index in [1.807, 2.05) is 0 Å². The van der Waals surface area contributed by atoms with Crippen LogP contribution in [0.4, 0.5) is 18.9 Å². The van der Waals surface area contributed by atoms with E-state index in [0.29, 0.717) is 5.69 Å². The van der Waals surface area contributed by atoms with Gasteiger partial charge in [0, 0.05) is 6.54 Å². The quantitative estimate of drug-likeness (QED) is 0.629. The van der Waals surface area contributed by atoms with E-state index in [-0.39, 0.29) is 18.7 Å². The second kappa shape index (κ2) is 5.24. The van der Waals surface area contributed by atoms with E-state index in [1.165, 1.54) is 0 Å². The van der Waals surface area contributed by atoms with Gasteiger partial charge >= 0.3 is 6.18 Å². The predicted octanol–water partition coefficient (Wildman–Crippen LogP) is 2.10. The van der Waals surface area contributed by atoms with E-state index < -0.39 is 24.5 Å². The van der Waals surface area contributed by atoms with Gasteiger partial charge in [0.05, 0.1) is 17.9 Å². The smallest absolute Gasteiger partial charge is 0.370 e. The van der Waals surface area contributed by atoms with Gasteiger partial charge in [-0.2, -0.15) is 13.2 Å². The molecular formula is C13H12F3NO3. The van der Waals surface area contributed by atoms with E-state index in [2.05, 4.69) is 4.74 Å². The highest BCUT2D eigenvalue weighted by Crippen LogP contribution is 2.29. The van der Waals surface area contributed by atoms with Gasteiger partial charge in [0.1, 0.15) is 6.61 Å². The zero-order valence-electron chi connectivity index (χ0n) is 10.7. The van der Waals surface area contributed by atoms with Crippen LogP contribution >= 0.6 is 0 Å². The molecule has 0 saturated heterocycles. The maximum absolute atomic E-state index is 11.9. The molecule has 0 fully saturated rings. The van der Waals surface area contributed by atoms with Crippen molar-refractivity contribution in [2.45, 2.75) is 13.1 Å². The van der Waals surface area contributed by atoms with Gasteiger partial charge in [0.25, 0.3) is 11.7 Å². The second-order valence-corrected chi connectivity index (χ2v) is 4.47. The summed E-state index contributed by atoms with van der Waals surface area (Å²) < 4.78 is 40.2. The van der Waals surface area contributed by atoms with Crippen molar-refractivity contribution in [1.82, 2.24) is 0 Å². The Kier molecular flexibility index (Phi) is 3.80. The molecule has 4 nitrogen and oxygen atoms in total. The third kappa shape index (κ3) is 2.98. The summed E-state index contributed by atoms with van der Waals surface area (Å²) in [5.74, 6) is -1.37. The summed E-state index contributed by atoms with van der Waals surface area (Å²) in [6.07, 6.45) is -4.40. The van der Waals surface area contributed by atoms with Crippen molar-refractivity contribution in [2.24, 2.45) is 0 Å². The fraction of sp³-hybridized carbons (Fsp3) is 0.385. The molecule has 1 aliphatic heterocycles. The van der Waals surface area contributed by atoms with Crippen molar-refractivity contribution in [2.75, 3.05) is 24.7 Å². The zero-order chi connectivity index (χ0) is 14.9. The van der Waals surface area contributed by atoms with Crippen molar-refractivity contribution >= 4 is 17.4 Å². The van der Waals surface area contributed by atoms with Crippen LogP contribution in [-0.4, -0.2) is 37.6 Å². The van der Waals surface area contributed by atoms with Gasteiger partial charge in [-0.15, -0.1) is 0 Å². The largest absolute Gasteiger partial charge is 0.411 e. The topological polar surface area (TPSA) is 46.6 Å². The summed E-state index contributed by atoms with van der Waals surface area (Å²) >= 11 is 0. The lowest BCUT2D eigenvalue weighted by molar-refractivity contribution is -0.173. The molecule has 7 heteroatoms. The molecule has 1 aromatic rings. The fourth-order valence-corrected chi connectivity index (χ4v) is 1.98. The number of carbonyl (C=O) groups is 2. The Morgan fingerprint density at radius 1 is 1.25 bits per heavy atom. The number of halogens is 3. The first kappa shape index (κ1) is 14.5. The number of anilines is 1. The van der Waals surface area contributed by atoms with Crippen LogP contribution in [0.5, 0.6) is 0 Å². The predicted molar refractivity (Wildman–Crippen MR) is 64.7 cm³/mol. The molecule has 0 N–H and O–H groups in total. The highest BCUT2D eigenvalue weighted by atomic mass is 19.4. The van der Waals surface area contributed by atoms with Crippen LogP contribution in [0, 0.1) is 6.92 Å². The number of Topliss-reactive ketones (excluding diaryl/α,β-unsaturated/α-hetero) is 1. The van der Waals surface area contributed by atoms with Crippen molar-refractivity contribution in [1.29, 1.82) is 0 Å². The summed E-state index contributed by atoms with van der Waals surface area (Å²) in [4.78, 5) is 24.6. The minimum atomic E-state index is -4.40. The number of rotatable bonds is 4. The molecule has 0 spiro atoms. The molecule has 0 bridgehead atoms. The van der Waals surface area contributed by atoms with Crippen LogP contribution in [0.2, 0.25) is 0 Å². The number of hydrogen-bond donors (Lipinski definition) is 0. The van der Waals surface area contributed by atoms with Gasteiger partial charge in [-0.25, -0.2) is 0 Å². The number of fused-ring (bicyclic) bond motifs is 1. The number of carbonyl (C=O) groups excluding carboxylic acids is 2. The van der Waals surface area contributed by atoms with Crippen LogP contribution in [0.25, 0.3) is 0 Å². The minimum Gasteiger partial charge on any atom is -0.370 e. The van der Waals surface area contributed by atoms with Gasteiger partial charge in [0.15, 0.2) is 0 Å². The number of benzene rings is 1. The van der Waals surface area contributed by atoms with Crippen molar-refractivity contribution in [3.63, 3.8) is 0 Å². The van der Waals surface area contributed by atoms with E-state index >= 15 is 0 Å². The van der Waals surface area contributed by atoms with Gasteiger partial charge in [-0.3, -0.25) is 9.59 Å². The number of amides is 1. The van der Waals surface area contributed by atoms with Crippen LogP contribution in [0.3, 0.4) is 0 Å². The summed E-state index contributed by atoms with van der Waals surface area (Å²) in [5, 5.41) is 0. The number of aryl methyl sites for hydroxylation is 1. The average Bonchev–Trinajstić information content (AvgIpc) is 2.58. The first-order valence-electron chi connectivity index (χ1n) is 5.91. The maximum atomic E-state index is 11.9. The molecule has 0 unspecified atom stereocenters. The summed E-state index contributed by atoms with van der Waals surface area (Å²) in [7, 11) is 0. The lowest BCUT2D eigenvalue weighted by Gasteiger charge is -2.17. The van der Waals surface area contributed by atoms with Gasteiger partial charge in [0.2, 0.25) is 0 Å². The SMILES string of the molecule is Cc1ccc2c(c1)C(=O)C(=O)N2CCOCC(F)(F)F. The van der Waals surface area contributed by atoms with Gasteiger partial charge in [-0.1, -0.05) is 11.6 Å². The number of ether oxygens (including phenoxy) is 1. The number of alkyl halides is 3. The Hall–Kier alpha value is -1.89. The number of ketones is 1. The zero-order valence-corrected chi connectivity index (χ0v) is 10.7. The maximum Gasteiger partial charge on any atom is 0.411 e. The standard InChI is InChI=1S/C13H12F3NO3/c1-8-2-3-10-9(6-8)11(18)12(19)17(10)4-5-20-7-13(14,15)16/h2-3,6H,4-5,7H2,1H3. The number of hydrogen-bond acceptors (Lipinski definition) is 3. The molecule has 1 heterocycles. The van der Waals surface area contributed by atoms with E-state index in [4.69, 9.17) is 0 Å². The van der Waals surface area contributed by atoms with Crippen LogP contribution < -0.4 is 4.90 Å². The normalized spacial score (nSPS) is 14.9. The van der Waals surface area contributed by atoms with Crippen molar-refractivity contribution in [3.8, 4) is 0 Å². The highest BCUT2D eigenvalue weighted by molar-refractivity contribution is 6.52. The molecule has 2 rings (SSSR count). The molecule has 0 atom stereocenters. The summed E-state index contributed by atoms with van der Waals surface area (Å²) in [5.41, 5.74) is 1.53. The molecular weight excluding hydrogens is 275 g/mol. The van der Waals surface area contributed by atoms with E-state index in [0.717, 1.165) is 10.5 Å². The Balaban J connectivity index is 2.03. The first-order chi connectivity index (χ1) is 9.29. The summed E-state index contributed by atoms with van der Waals surface area (Å²) in [6, 6.07) is 4.93.